The van der Waals surface area contributed by atoms with Crippen LogP contribution in [0.4, 0.5) is 0 Å². The van der Waals surface area contributed by atoms with E-state index in [1.807, 2.05) is 12.1 Å². The third-order valence-electron chi connectivity index (χ3n) is 11.3. The molecule has 8 rings (SSSR count). The first-order valence-corrected chi connectivity index (χ1v) is 23.0. The summed E-state index contributed by atoms with van der Waals surface area (Å²) in [6, 6.07) is 33.9. The Morgan fingerprint density at radius 2 is 1.15 bits per heavy atom. The van der Waals surface area contributed by atoms with Crippen LogP contribution < -0.4 is 28.1 Å². The molecule has 0 bridgehead atoms. The zero-order chi connectivity index (χ0) is 36.7. The van der Waals surface area contributed by atoms with Crippen molar-refractivity contribution in [3.63, 3.8) is 0 Å². The Kier molecular flexibility index (Phi) is 11.6. The number of allylic oxidation sites excluding steroid dienone is 4. The Bertz CT molecular complexity index is 2490. The summed E-state index contributed by atoms with van der Waals surface area (Å²) < 4.78 is 4.74. The van der Waals surface area contributed by atoms with Crippen molar-refractivity contribution < 1.29 is 46.1 Å². The van der Waals surface area contributed by atoms with Gasteiger partial charge in [0.2, 0.25) is 0 Å². The summed E-state index contributed by atoms with van der Waals surface area (Å²) in [4.78, 5) is 0. The van der Waals surface area contributed by atoms with E-state index in [-0.39, 0.29) is 35.6 Å². The van der Waals surface area contributed by atoms with Gasteiger partial charge in [0, 0.05) is 0 Å². The van der Waals surface area contributed by atoms with Gasteiger partial charge in [0.15, 0.2) is 0 Å². The maximum atomic E-state index is 6.97. The van der Waals surface area contributed by atoms with E-state index in [0.717, 1.165) is 33.7 Å². The first-order chi connectivity index (χ1) is 24.7. The third kappa shape index (κ3) is 6.97. The molecule has 2 aliphatic rings. The summed E-state index contributed by atoms with van der Waals surface area (Å²) in [6.45, 7) is 18.9. The Labute approximate surface area is 351 Å². The van der Waals surface area contributed by atoms with Crippen molar-refractivity contribution in [3.05, 3.63) is 167 Å². The molecule has 0 fully saturated rings. The molecule has 0 saturated carbocycles. The first-order valence-electron chi connectivity index (χ1n) is 18.5. The molecular weight excluding hydrogens is 822 g/mol. The van der Waals surface area contributed by atoms with E-state index in [2.05, 4.69) is 152 Å². The van der Waals surface area contributed by atoms with E-state index >= 15 is 0 Å². The quantitative estimate of drug-likeness (QED) is 0.173. The van der Waals surface area contributed by atoms with Crippen molar-refractivity contribution in [2.24, 2.45) is 0 Å². The number of fused-ring (bicyclic) bond motifs is 5. The molecule has 2 aliphatic carbocycles. The third-order valence-corrected chi connectivity index (χ3v) is 19.9. The molecule has 0 aliphatic heterocycles. The van der Waals surface area contributed by atoms with Gasteiger partial charge in [-0.3, -0.25) is 0 Å². The second kappa shape index (κ2) is 15.3. The number of hydrogen-bond donors (Lipinski definition) is 0. The van der Waals surface area contributed by atoms with Crippen LogP contribution in [0.15, 0.2) is 113 Å². The van der Waals surface area contributed by atoms with Gasteiger partial charge in [-0.15, -0.1) is 0 Å². The molecular formula is C49H46Cl4Zr. The van der Waals surface area contributed by atoms with E-state index in [1.54, 1.807) is 12.1 Å². The van der Waals surface area contributed by atoms with Gasteiger partial charge in [-0.25, -0.2) is 0 Å². The van der Waals surface area contributed by atoms with Gasteiger partial charge in [-0.05, 0) is 0 Å². The summed E-state index contributed by atoms with van der Waals surface area (Å²) >= 11 is 10.8. The number of benzene rings is 6. The molecule has 0 unspecified atom stereocenters. The zero-order valence-electron chi connectivity index (χ0n) is 32.3. The molecule has 0 aromatic heterocycles. The molecule has 274 valence electrons. The second-order valence-corrected chi connectivity index (χ2v) is 23.5. The Hall–Kier alpha value is -2.77. The topological polar surface area (TPSA) is 0 Å². The molecule has 0 spiro atoms. The first kappa shape index (κ1) is 40.9. The molecule has 6 aromatic rings. The van der Waals surface area contributed by atoms with E-state index in [9.17, 15) is 0 Å². The average Bonchev–Trinajstić information content (AvgIpc) is 3.74. The molecule has 0 radical (unpaired) electrons. The minimum atomic E-state index is -3.11. The minimum Gasteiger partial charge on any atom is -1.00 e. The van der Waals surface area contributed by atoms with E-state index in [0.29, 0.717) is 0 Å². The van der Waals surface area contributed by atoms with Gasteiger partial charge in [-0.2, -0.15) is 0 Å². The Morgan fingerprint density at radius 1 is 0.630 bits per heavy atom. The molecule has 0 nitrogen and oxygen atoms in total. The zero-order valence-corrected chi connectivity index (χ0v) is 37.8. The van der Waals surface area contributed by atoms with Gasteiger partial charge < -0.3 is 24.8 Å². The van der Waals surface area contributed by atoms with Crippen LogP contribution >= 0.6 is 23.2 Å². The molecule has 0 N–H and O–H groups in total. The number of rotatable bonds is 4. The summed E-state index contributed by atoms with van der Waals surface area (Å²) in [5, 5.41) is 6.20. The molecule has 0 atom stereocenters. The summed E-state index contributed by atoms with van der Waals surface area (Å²) in [7, 11) is 0. The van der Waals surface area contributed by atoms with Crippen molar-refractivity contribution in [2.45, 2.75) is 79.1 Å². The molecule has 0 amide bonds. The number of hydrogen-bond acceptors (Lipinski definition) is 0. The summed E-state index contributed by atoms with van der Waals surface area (Å²) in [6.07, 6.45) is 9.08. The number of aryl methyl sites for hydroxylation is 1. The van der Waals surface area contributed by atoms with Crippen LogP contribution in [-0.4, -0.2) is 3.21 Å². The fourth-order valence-corrected chi connectivity index (χ4v) is 18.1. The molecule has 0 saturated heterocycles. The van der Waals surface area contributed by atoms with Crippen LogP contribution in [0, 0.1) is 13.8 Å². The largest absolute Gasteiger partial charge is 1.00 e. The maximum Gasteiger partial charge on any atom is -1.00 e. The fourth-order valence-electron chi connectivity index (χ4n) is 9.01. The van der Waals surface area contributed by atoms with Crippen molar-refractivity contribution in [3.8, 4) is 11.1 Å². The maximum absolute atomic E-state index is 6.97. The fraction of sp³-hybridized carbons (Fsp3) is 0.245. The monoisotopic (exact) mass is 864 g/mol. The molecule has 6 aromatic carbocycles. The van der Waals surface area contributed by atoms with E-state index in [1.165, 1.54) is 64.0 Å². The van der Waals surface area contributed by atoms with Crippen LogP contribution in [-0.2, 0) is 38.5 Å². The molecule has 5 heteroatoms. The SMILES string of the molecule is Cc1cc2c(cc1C(C)(C)C)-c1cc(C(C)(C)C)c(C)[c]([Zr+2]([C]3=CC=CC3)=[C](c3cccc4c(Cl)cccc34)c3cccc4c(Cl)cccc34)c1C2.[Cl-].[Cl-]. The smallest absolute Gasteiger partial charge is 1.00 e. The van der Waals surface area contributed by atoms with Crippen LogP contribution in [0.25, 0.3) is 32.7 Å². The summed E-state index contributed by atoms with van der Waals surface area (Å²) in [5.41, 5.74) is 14.3. The van der Waals surface area contributed by atoms with Crippen LogP contribution in [0.2, 0.25) is 10.0 Å². The van der Waals surface area contributed by atoms with Crippen molar-refractivity contribution in [1.82, 2.24) is 0 Å². The van der Waals surface area contributed by atoms with Crippen LogP contribution in [0.1, 0.15) is 92.5 Å². The molecule has 0 heterocycles. The minimum absolute atomic E-state index is 0. The second-order valence-electron chi connectivity index (χ2n) is 16.8. The van der Waals surface area contributed by atoms with Crippen molar-refractivity contribution in [1.29, 1.82) is 0 Å². The normalized spacial score (nSPS) is 13.2. The molecule has 54 heavy (non-hydrogen) atoms. The van der Waals surface area contributed by atoms with Crippen LogP contribution in [0.3, 0.4) is 0 Å². The predicted octanol–water partition coefficient (Wildman–Crippen LogP) is 7.45. The average molecular weight is 868 g/mol. The standard InChI is InChI=1S/C23H29.C21H12Cl2.C5H5.2ClH.Zr/c1-14-9-16-11-17-10-15(2)21(23(6,7)8)13-19(17)18(16)12-20(14)22(3,4)5;22-20-11-3-7-16-14(5-1-9-18(16)20)13-15-6-2-10-19-17(15)8-4-12-21(19)23;1-2-4-5-3-1;;;/h9,12-13H,11H2,1-8H3;1-12H;1-3H,4H2;2*1H;/q;;;;;+2/p-2. The van der Waals surface area contributed by atoms with Gasteiger partial charge in [0.25, 0.3) is 0 Å². The van der Waals surface area contributed by atoms with Gasteiger partial charge in [0.05, 0.1) is 0 Å². The van der Waals surface area contributed by atoms with Crippen molar-refractivity contribution in [2.75, 3.05) is 0 Å². The predicted molar refractivity (Wildman–Crippen MR) is 224 cm³/mol. The van der Waals surface area contributed by atoms with Crippen LogP contribution in [0.5, 0.6) is 0 Å². The van der Waals surface area contributed by atoms with Gasteiger partial charge >= 0.3 is 330 Å². The Morgan fingerprint density at radius 3 is 1.67 bits per heavy atom. The van der Waals surface area contributed by atoms with Crippen molar-refractivity contribution >= 4 is 51.2 Å². The number of halogens is 4. The van der Waals surface area contributed by atoms with Gasteiger partial charge in [-0.1, -0.05) is 0 Å². The van der Waals surface area contributed by atoms with Gasteiger partial charge in [0.1, 0.15) is 0 Å². The van der Waals surface area contributed by atoms with E-state index in [4.69, 9.17) is 23.2 Å². The Balaban J connectivity index is 0.00000249. The summed E-state index contributed by atoms with van der Waals surface area (Å²) in [5.74, 6) is 0. The van der Waals surface area contributed by atoms with E-state index < -0.39 is 21.3 Å².